The van der Waals surface area contributed by atoms with Crippen molar-refractivity contribution in [2.24, 2.45) is 0 Å². The van der Waals surface area contributed by atoms with Crippen molar-refractivity contribution in [1.82, 2.24) is 15.1 Å². The highest BCUT2D eigenvalue weighted by molar-refractivity contribution is 5.94. The molecule has 0 aliphatic rings. The van der Waals surface area contributed by atoms with Crippen LogP contribution < -0.4 is 5.32 Å². The zero-order chi connectivity index (χ0) is 20.3. The predicted octanol–water partition coefficient (Wildman–Crippen LogP) is 3.53. The van der Waals surface area contributed by atoms with Crippen LogP contribution in [0, 0.1) is 29.8 Å². The third kappa shape index (κ3) is 4.22. The van der Waals surface area contributed by atoms with Gasteiger partial charge in [-0.3, -0.25) is 19.6 Å². The fourth-order valence-corrected chi connectivity index (χ4v) is 2.93. The molecule has 0 atom stereocenters. The number of aromatic nitrogens is 2. The highest BCUT2D eigenvalue weighted by Gasteiger charge is 2.21. The van der Waals surface area contributed by atoms with Gasteiger partial charge in [-0.05, 0) is 49.2 Å². The average molecular weight is 382 g/mol. The van der Waals surface area contributed by atoms with Crippen molar-refractivity contribution in [3.63, 3.8) is 0 Å². The summed E-state index contributed by atoms with van der Waals surface area (Å²) in [7, 11) is 0. The maximum atomic E-state index is 12.9. The van der Waals surface area contributed by atoms with Crippen molar-refractivity contribution in [3.8, 4) is 0 Å². The van der Waals surface area contributed by atoms with E-state index in [1.54, 1.807) is 54.9 Å². The number of nitrogens with zero attached hydrogens (tertiary/aromatic N) is 3. The lowest BCUT2D eigenvalue weighted by atomic mass is 10.1. The second kappa shape index (κ2) is 7.99. The number of hydrogen-bond donors (Lipinski definition) is 1. The second-order valence-corrected chi connectivity index (χ2v) is 6.44. The van der Waals surface area contributed by atoms with E-state index in [4.69, 9.17) is 0 Å². The number of amides is 1. The number of carbonyl (C=O) groups excluding carboxylic acids is 1. The van der Waals surface area contributed by atoms with Crippen molar-refractivity contribution in [2.75, 3.05) is 0 Å². The molecule has 3 rings (SSSR count). The van der Waals surface area contributed by atoms with E-state index in [1.165, 1.54) is 12.1 Å². The van der Waals surface area contributed by atoms with Crippen LogP contribution in [0.25, 0.3) is 0 Å². The maximum Gasteiger partial charge on any atom is 0.312 e. The number of carbonyl (C=O) groups is 1. The second-order valence-electron chi connectivity index (χ2n) is 6.44. The largest absolute Gasteiger partial charge is 0.348 e. The highest BCUT2D eigenvalue weighted by atomic mass is 19.1. The number of benzene rings is 2. The van der Waals surface area contributed by atoms with Crippen LogP contribution in [0.15, 0.2) is 48.5 Å². The summed E-state index contributed by atoms with van der Waals surface area (Å²) in [5.74, 6) is -0.559. The number of nitro groups is 1. The van der Waals surface area contributed by atoms with Gasteiger partial charge in [0.2, 0.25) is 0 Å². The molecule has 0 saturated heterocycles. The molecule has 1 heterocycles. The highest BCUT2D eigenvalue weighted by Crippen LogP contribution is 2.22. The van der Waals surface area contributed by atoms with Crippen molar-refractivity contribution in [2.45, 2.75) is 26.9 Å². The molecule has 1 amide bonds. The topological polar surface area (TPSA) is 90.1 Å². The Morgan fingerprint density at radius 2 is 1.71 bits per heavy atom. The summed E-state index contributed by atoms with van der Waals surface area (Å²) in [6.07, 6.45) is 0. The maximum absolute atomic E-state index is 12.9. The molecule has 0 aliphatic heterocycles. The van der Waals surface area contributed by atoms with Crippen molar-refractivity contribution in [1.29, 1.82) is 0 Å². The van der Waals surface area contributed by atoms with Gasteiger partial charge < -0.3 is 5.32 Å². The minimum atomic E-state index is -0.428. The first-order chi connectivity index (χ1) is 13.3. The van der Waals surface area contributed by atoms with Gasteiger partial charge in [-0.25, -0.2) is 4.39 Å². The van der Waals surface area contributed by atoms with E-state index < -0.39 is 4.92 Å². The minimum absolute atomic E-state index is 0.0248. The Kier molecular flexibility index (Phi) is 5.49. The Bertz CT molecular complexity index is 1010. The molecule has 1 aromatic heterocycles. The molecule has 8 heteroatoms. The fourth-order valence-electron chi connectivity index (χ4n) is 2.93. The molecule has 0 saturated carbocycles. The minimum Gasteiger partial charge on any atom is -0.348 e. The van der Waals surface area contributed by atoms with Gasteiger partial charge in [0, 0.05) is 12.1 Å². The van der Waals surface area contributed by atoms with E-state index in [2.05, 4.69) is 10.4 Å². The van der Waals surface area contributed by atoms with Crippen molar-refractivity contribution in [3.05, 3.63) is 92.5 Å². The number of hydrogen-bond acceptors (Lipinski definition) is 4. The van der Waals surface area contributed by atoms with Gasteiger partial charge in [0.1, 0.15) is 17.2 Å². The van der Waals surface area contributed by atoms with E-state index in [0.29, 0.717) is 30.0 Å². The lowest BCUT2D eigenvalue weighted by Crippen LogP contribution is -2.22. The lowest BCUT2D eigenvalue weighted by molar-refractivity contribution is -0.386. The van der Waals surface area contributed by atoms with Gasteiger partial charge >= 0.3 is 5.69 Å². The summed E-state index contributed by atoms with van der Waals surface area (Å²) in [5, 5.41) is 18.1. The van der Waals surface area contributed by atoms with Crippen LogP contribution in [0.4, 0.5) is 10.1 Å². The third-order valence-corrected chi connectivity index (χ3v) is 4.44. The monoisotopic (exact) mass is 382 g/mol. The molecule has 0 aliphatic carbocycles. The Hall–Kier alpha value is -3.55. The van der Waals surface area contributed by atoms with Crippen LogP contribution >= 0.6 is 0 Å². The molecule has 7 nitrogen and oxygen atoms in total. The summed E-state index contributed by atoms with van der Waals surface area (Å²) < 4.78 is 14.5. The number of aryl methyl sites for hydroxylation is 1. The van der Waals surface area contributed by atoms with Gasteiger partial charge in [0.25, 0.3) is 5.91 Å². The van der Waals surface area contributed by atoms with E-state index in [0.717, 1.165) is 11.1 Å². The van der Waals surface area contributed by atoms with Crippen LogP contribution in [-0.4, -0.2) is 20.6 Å². The first-order valence-electron chi connectivity index (χ1n) is 8.65. The summed E-state index contributed by atoms with van der Waals surface area (Å²) in [5.41, 5.74) is 3.05. The van der Waals surface area contributed by atoms with Gasteiger partial charge in [0.15, 0.2) is 0 Å². The third-order valence-electron chi connectivity index (χ3n) is 4.44. The zero-order valence-corrected chi connectivity index (χ0v) is 15.5. The summed E-state index contributed by atoms with van der Waals surface area (Å²) in [6, 6.07) is 12.9. The first kappa shape index (κ1) is 19.2. The van der Waals surface area contributed by atoms with Crippen LogP contribution in [0.1, 0.15) is 32.9 Å². The fraction of sp³-hybridized carbons (Fsp3) is 0.200. The van der Waals surface area contributed by atoms with Gasteiger partial charge in [-0.15, -0.1) is 0 Å². The normalized spacial score (nSPS) is 10.7. The van der Waals surface area contributed by atoms with E-state index in [9.17, 15) is 19.3 Å². The Labute approximate surface area is 161 Å². The van der Waals surface area contributed by atoms with Crippen LogP contribution in [0.5, 0.6) is 0 Å². The Morgan fingerprint density at radius 1 is 1.11 bits per heavy atom. The predicted molar refractivity (Wildman–Crippen MR) is 101 cm³/mol. The van der Waals surface area contributed by atoms with Gasteiger partial charge in [-0.2, -0.15) is 5.10 Å². The number of halogens is 1. The van der Waals surface area contributed by atoms with Crippen molar-refractivity contribution >= 4 is 11.6 Å². The standard InChI is InChI=1S/C20H19FN4O3/c1-13-19(25(27)28)14(2)24(23-13)12-16-3-7-17(8-4-16)20(26)22-11-15-5-9-18(21)10-6-15/h3-10H,11-12H2,1-2H3,(H,22,26). The van der Waals surface area contributed by atoms with Crippen LogP contribution in [-0.2, 0) is 13.1 Å². The van der Waals surface area contributed by atoms with E-state index in [1.807, 2.05) is 0 Å². The molecule has 28 heavy (non-hydrogen) atoms. The molecule has 0 bridgehead atoms. The SMILES string of the molecule is Cc1nn(Cc2ccc(C(=O)NCc3ccc(F)cc3)cc2)c(C)c1[N+](=O)[O-]. The molecular formula is C20H19FN4O3. The molecule has 0 spiro atoms. The van der Waals surface area contributed by atoms with Crippen LogP contribution in [0.3, 0.4) is 0 Å². The van der Waals surface area contributed by atoms with Crippen LogP contribution in [0.2, 0.25) is 0 Å². The number of nitrogens with one attached hydrogen (secondary N) is 1. The molecule has 1 N–H and O–H groups in total. The average Bonchev–Trinajstić information content (AvgIpc) is 2.95. The van der Waals surface area contributed by atoms with Gasteiger partial charge in [0.05, 0.1) is 11.5 Å². The molecule has 3 aromatic rings. The molecule has 2 aromatic carbocycles. The summed E-state index contributed by atoms with van der Waals surface area (Å²) in [4.78, 5) is 22.9. The molecule has 0 unspecified atom stereocenters. The Morgan fingerprint density at radius 3 is 2.29 bits per heavy atom. The summed E-state index contributed by atoms with van der Waals surface area (Å²) >= 11 is 0. The summed E-state index contributed by atoms with van der Waals surface area (Å²) in [6.45, 7) is 3.94. The molecular weight excluding hydrogens is 363 g/mol. The van der Waals surface area contributed by atoms with E-state index in [-0.39, 0.29) is 17.4 Å². The lowest BCUT2D eigenvalue weighted by Gasteiger charge is -2.07. The first-order valence-corrected chi connectivity index (χ1v) is 8.65. The van der Waals surface area contributed by atoms with Crippen molar-refractivity contribution < 1.29 is 14.1 Å². The Balaban J connectivity index is 1.65. The molecule has 0 fully saturated rings. The molecule has 0 radical (unpaired) electrons. The zero-order valence-electron chi connectivity index (χ0n) is 15.5. The quantitative estimate of drug-likeness (QED) is 0.522. The van der Waals surface area contributed by atoms with E-state index >= 15 is 0 Å². The smallest absolute Gasteiger partial charge is 0.312 e. The van der Waals surface area contributed by atoms with Gasteiger partial charge in [-0.1, -0.05) is 24.3 Å². The number of rotatable bonds is 6. The molecule has 144 valence electrons.